The van der Waals surface area contributed by atoms with Gasteiger partial charge in [-0.3, -0.25) is 12.2 Å². The quantitative estimate of drug-likeness (QED) is 0.218. The van der Waals surface area contributed by atoms with Gasteiger partial charge < -0.3 is 33.7 Å². The smallest absolute Gasteiger partial charge is 0.183 e. The predicted molar refractivity (Wildman–Crippen MR) is 130 cm³/mol. The predicted octanol–water partition coefficient (Wildman–Crippen LogP) is 0.978. The van der Waals surface area contributed by atoms with Gasteiger partial charge in [0.05, 0.1) is 0 Å². The average molecular weight is 581 g/mol. The van der Waals surface area contributed by atoms with Crippen LogP contribution < -0.4 is 24.8 Å². The Morgan fingerprint density at radius 3 is 1.35 bits per heavy atom. The van der Waals surface area contributed by atoms with E-state index >= 15 is 0 Å². The molecule has 0 aliphatic heterocycles. The van der Waals surface area contributed by atoms with Gasteiger partial charge in [0, 0.05) is 13.2 Å². The average Bonchev–Trinajstić information content (AvgIpc) is 3.29. The van der Waals surface area contributed by atoms with Crippen LogP contribution in [0.25, 0.3) is 0 Å². The summed E-state index contributed by atoms with van der Waals surface area (Å²) in [5, 5.41) is 0. The third-order valence-corrected chi connectivity index (χ3v) is 5.92. The Balaban J connectivity index is -0.000000424. The zero-order chi connectivity index (χ0) is 22.2. The number of allylic oxidation sites excluding steroid dienone is 8. The first-order chi connectivity index (χ1) is 13.6. The van der Waals surface area contributed by atoms with Crippen molar-refractivity contribution in [3.8, 4) is 0 Å². The topological polar surface area (TPSA) is 18.5 Å². The van der Waals surface area contributed by atoms with Crippen molar-refractivity contribution in [3.63, 3.8) is 0 Å². The molecule has 7 heteroatoms. The largest absolute Gasteiger partial charge is 1.00 e. The van der Waals surface area contributed by atoms with E-state index in [1.54, 1.807) is 0 Å². The fourth-order valence-electron chi connectivity index (χ4n) is 2.53. The molecule has 2 rings (SSSR count). The summed E-state index contributed by atoms with van der Waals surface area (Å²) in [7, 11) is -2.56. The second-order valence-electron chi connectivity index (χ2n) is 9.03. The van der Waals surface area contributed by atoms with E-state index in [1.807, 2.05) is 6.92 Å². The van der Waals surface area contributed by atoms with E-state index in [0.29, 0.717) is 0 Å². The molecule has 0 fully saturated rings. The zero-order valence-corrected chi connectivity index (χ0v) is 26.6. The molecule has 0 spiro atoms. The summed E-state index contributed by atoms with van der Waals surface area (Å²) in [4.78, 5) is 0. The van der Waals surface area contributed by atoms with Crippen LogP contribution in [-0.2, 0) is 33.1 Å². The molecule has 0 amide bonds. The molecule has 0 bridgehead atoms. The van der Waals surface area contributed by atoms with E-state index in [4.69, 9.17) is 8.85 Å². The third kappa shape index (κ3) is 26.8. The summed E-state index contributed by atoms with van der Waals surface area (Å²) in [6, 6.07) is 0. The van der Waals surface area contributed by atoms with Crippen molar-refractivity contribution in [1.82, 2.24) is 0 Å². The fourth-order valence-corrected chi connectivity index (χ4v) is 4.04. The van der Waals surface area contributed by atoms with Crippen LogP contribution in [0.2, 0.25) is 39.3 Å². The second-order valence-corrected chi connectivity index (χ2v) is 19.5. The van der Waals surface area contributed by atoms with E-state index in [-0.39, 0.29) is 24.8 Å². The fraction of sp³-hybridized carbons (Fsp3) is 0.625. The van der Waals surface area contributed by atoms with Gasteiger partial charge in [-0.05, 0) is 52.1 Å². The van der Waals surface area contributed by atoms with Crippen molar-refractivity contribution >= 4 is 20.3 Å². The SMILES string of the molecule is C[CH]=[Zr+2].C[Si](C)(C)OCCCC1=[C-]CC=C1.C[Si](C)(C)OCCCC1=[C-]CC=C1.[Cl-].[Cl-]. The molecule has 0 aromatic carbocycles. The normalized spacial score (nSPS) is 14.2. The summed E-state index contributed by atoms with van der Waals surface area (Å²) in [5.41, 5.74) is 2.72. The molecule has 2 aliphatic rings. The first kappa shape index (κ1) is 36.2. The molecule has 2 aliphatic carbocycles. The number of hydrogen-bond donors (Lipinski definition) is 0. The monoisotopic (exact) mass is 578 g/mol. The Labute approximate surface area is 222 Å². The van der Waals surface area contributed by atoms with Gasteiger partial charge in [-0.1, -0.05) is 12.8 Å². The van der Waals surface area contributed by atoms with Gasteiger partial charge in [0.2, 0.25) is 0 Å². The van der Waals surface area contributed by atoms with Crippen LogP contribution in [0.1, 0.15) is 45.4 Å². The van der Waals surface area contributed by atoms with Crippen LogP contribution in [0.3, 0.4) is 0 Å². The van der Waals surface area contributed by atoms with Crippen LogP contribution in [0.4, 0.5) is 0 Å². The van der Waals surface area contributed by atoms with Gasteiger partial charge in [0.1, 0.15) is 0 Å². The first-order valence-corrected chi connectivity index (χ1v) is 19.1. The molecule has 0 N–H and O–H groups in total. The van der Waals surface area contributed by atoms with Crippen molar-refractivity contribution in [3.05, 3.63) is 47.6 Å². The Bertz CT molecular complexity index is 527. The minimum Gasteiger partial charge on any atom is -1.00 e. The molecule has 0 atom stereocenters. The summed E-state index contributed by atoms with van der Waals surface area (Å²) in [5.74, 6) is 0. The molecule has 0 aromatic rings. The Kier molecular flexibility index (Phi) is 24.8. The van der Waals surface area contributed by atoms with Crippen LogP contribution in [0, 0.1) is 12.2 Å². The summed E-state index contributed by atoms with van der Waals surface area (Å²) in [6.07, 6.45) is 21.8. The minimum atomic E-state index is -1.28. The molecule has 31 heavy (non-hydrogen) atoms. The zero-order valence-electron chi connectivity index (χ0n) is 20.6. The molecule has 2 nitrogen and oxygen atoms in total. The molecule has 178 valence electrons. The molecule has 0 aromatic heterocycles. The van der Waals surface area contributed by atoms with Gasteiger partial charge in [-0.2, -0.15) is 12.2 Å². The maximum Gasteiger partial charge on any atom is 0.183 e. The summed E-state index contributed by atoms with van der Waals surface area (Å²) < 4.78 is 13.6. The number of hydrogen-bond acceptors (Lipinski definition) is 2. The number of rotatable bonds is 10. The van der Waals surface area contributed by atoms with Gasteiger partial charge in [0.25, 0.3) is 0 Å². The number of halogens is 2. The van der Waals surface area contributed by atoms with Crippen molar-refractivity contribution in [2.24, 2.45) is 0 Å². The minimum absolute atomic E-state index is 0. The third-order valence-electron chi connectivity index (χ3n) is 3.78. The van der Waals surface area contributed by atoms with Crippen LogP contribution in [0.5, 0.6) is 0 Å². The van der Waals surface area contributed by atoms with Crippen molar-refractivity contribution < 1.29 is 57.9 Å². The van der Waals surface area contributed by atoms with E-state index < -0.39 is 16.6 Å². The van der Waals surface area contributed by atoms with Gasteiger partial charge in [0.15, 0.2) is 16.6 Å². The van der Waals surface area contributed by atoms with Crippen LogP contribution >= 0.6 is 0 Å². The summed E-state index contributed by atoms with van der Waals surface area (Å²) in [6.45, 7) is 17.2. The molecule has 0 radical (unpaired) electrons. The van der Waals surface area contributed by atoms with Crippen LogP contribution in [0.15, 0.2) is 35.5 Å². The van der Waals surface area contributed by atoms with Crippen molar-refractivity contribution in [2.45, 2.75) is 84.7 Å². The molecule has 0 unspecified atom stereocenters. The molecule has 0 saturated carbocycles. The van der Waals surface area contributed by atoms with E-state index in [1.165, 1.54) is 35.4 Å². The van der Waals surface area contributed by atoms with E-state index in [9.17, 15) is 0 Å². The molecule has 0 heterocycles. The summed E-state index contributed by atoms with van der Waals surface area (Å²) >= 11 is 1.51. The molecule has 0 saturated heterocycles. The molecular formula is C24H42Cl2O2Si2Zr-2. The van der Waals surface area contributed by atoms with Crippen molar-refractivity contribution in [2.75, 3.05) is 13.2 Å². The van der Waals surface area contributed by atoms with E-state index in [2.05, 4.69) is 79.4 Å². The van der Waals surface area contributed by atoms with Gasteiger partial charge in [-0.15, -0.1) is 12.8 Å². The maximum atomic E-state index is 5.76. The van der Waals surface area contributed by atoms with Gasteiger partial charge >= 0.3 is 34.9 Å². The van der Waals surface area contributed by atoms with Crippen LogP contribution in [-0.4, -0.2) is 33.6 Å². The van der Waals surface area contributed by atoms with Gasteiger partial charge in [-0.25, -0.2) is 23.3 Å². The Morgan fingerprint density at radius 1 is 0.806 bits per heavy atom. The standard InChI is InChI=1S/2C11H19OSi.C2H4.2ClH.Zr/c2*1-13(2,3)12-10-6-9-11-7-4-5-8-11;1-2;;;/h2*4,7H,5-6,9-10H2,1-3H3;1H,2H3;2*1H;/q2*-1;;;;+2/p-2. The first-order valence-electron chi connectivity index (χ1n) is 10.8. The Morgan fingerprint density at radius 2 is 1.13 bits per heavy atom. The Hall–Kier alpha value is 0.647. The van der Waals surface area contributed by atoms with E-state index in [0.717, 1.165) is 51.7 Å². The molecular weight excluding hydrogens is 539 g/mol. The second kappa shape index (κ2) is 21.2. The maximum absolute atomic E-state index is 5.76. The van der Waals surface area contributed by atoms with Crippen molar-refractivity contribution in [1.29, 1.82) is 0 Å².